The number of hydrogen-bond donors (Lipinski definition) is 1. The summed E-state index contributed by atoms with van der Waals surface area (Å²) in [6.07, 6.45) is 3.57. The molecule has 5 heteroatoms. The average molecular weight is 292 g/mol. The van der Waals surface area contributed by atoms with Gasteiger partial charge in [-0.05, 0) is 30.9 Å². The van der Waals surface area contributed by atoms with Gasteiger partial charge >= 0.3 is 0 Å². The van der Waals surface area contributed by atoms with Crippen molar-refractivity contribution < 1.29 is 14.0 Å². The maximum atomic E-state index is 12.6. The van der Waals surface area contributed by atoms with E-state index in [4.69, 9.17) is 4.42 Å². The molecule has 1 aromatic rings. The van der Waals surface area contributed by atoms with E-state index in [1.807, 2.05) is 19.1 Å². The van der Waals surface area contributed by atoms with Gasteiger partial charge in [0.2, 0.25) is 11.8 Å². The predicted octanol–water partition coefficient (Wildman–Crippen LogP) is 1.97. The summed E-state index contributed by atoms with van der Waals surface area (Å²) in [4.78, 5) is 26.5. The Balaban J connectivity index is 2.08. The van der Waals surface area contributed by atoms with Crippen LogP contribution in [0, 0.1) is 5.92 Å². The van der Waals surface area contributed by atoms with E-state index in [0.29, 0.717) is 31.7 Å². The third kappa shape index (κ3) is 3.65. The Labute approximate surface area is 125 Å². The van der Waals surface area contributed by atoms with Crippen molar-refractivity contribution in [2.45, 2.75) is 52.1 Å². The monoisotopic (exact) mass is 292 g/mol. The molecule has 0 aliphatic carbocycles. The topological polar surface area (TPSA) is 62.6 Å². The van der Waals surface area contributed by atoms with Gasteiger partial charge in [0.25, 0.3) is 0 Å². The number of piperazine rings is 1. The lowest BCUT2D eigenvalue weighted by molar-refractivity contribution is -0.149. The quantitative estimate of drug-likeness (QED) is 0.872. The summed E-state index contributed by atoms with van der Waals surface area (Å²) in [6, 6.07) is 2.97. The minimum atomic E-state index is -0.392. The first-order valence-electron chi connectivity index (χ1n) is 7.66. The highest BCUT2D eigenvalue weighted by Gasteiger charge is 2.39. The summed E-state index contributed by atoms with van der Waals surface area (Å²) in [7, 11) is 0. The molecule has 1 N–H and O–H groups in total. The van der Waals surface area contributed by atoms with Gasteiger partial charge in [0.05, 0.1) is 6.26 Å². The molecule has 1 aromatic heterocycles. The largest absolute Gasteiger partial charge is 0.469 e. The third-order valence-electron chi connectivity index (χ3n) is 3.85. The van der Waals surface area contributed by atoms with Crippen LogP contribution < -0.4 is 5.32 Å². The second kappa shape index (κ2) is 6.78. The molecule has 2 rings (SSSR count). The van der Waals surface area contributed by atoms with Crippen LogP contribution in [0.5, 0.6) is 0 Å². The lowest BCUT2D eigenvalue weighted by Gasteiger charge is -2.39. The van der Waals surface area contributed by atoms with E-state index in [1.54, 1.807) is 11.2 Å². The molecular weight excluding hydrogens is 268 g/mol. The van der Waals surface area contributed by atoms with Crippen LogP contribution in [0.2, 0.25) is 0 Å². The van der Waals surface area contributed by atoms with Crippen molar-refractivity contribution in [2.24, 2.45) is 5.92 Å². The fourth-order valence-corrected chi connectivity index (χ4v) is 2.81. The van der Waals surface area contributed by atoms with Gasteiger partial charge in [-0.25, -0.2) is 0 Å². The fraction of sp³-hybridized carbons (Fsp3) is 0.625. The number of nitrogens with one attached hydrogen (secondary N) is 1. The lowest BCUT2D eigenvalue weighted by Crippen LogP contribution is -2.63. The van der Waals surface area contributed by atoms with Crippen LogP contribution in [0.15, 0.2) is 22.8 Å². The van der Waals surface area contributed by atoms with Crippen molar-refractivity contribution in [2.75, 3.05) is 6.54 Å². The van der Waals surface area contributed by atoms with Gasteiger partial charge in [-0.3, -0.25) is 9.59 Å². The molecule has 0 aromatic carbocycles. The third-order valence-corrected chi connectivity index (χ3v) is 3.85. The minimum absolute atomic E-state index is 0.0294. The van der Waals surface area contributed by atoms with Crippen LogP contribution in [0.25, 0.3) is 0 Å². The summed E-state index contributed by atoms with van der Waals surface area (Å²) >= 11 is 0. The molecular formula is C16H24N2O3. The highest BCUT2D eigenvalue weighted by atomic mass is 16.3. The molecule has 2 heterocycles. The van der Waals surface area contributed by atoms with Crippen molar-refractivity contribution in [1.82, 2.24) is 10.2 Å². The number of hydrogen-bond acceptors (Lipinski definition) is 3. The van der Waals surface area contributed by atoms with Gasteiger partial charge in [0, 0.05) is 13.0 Å². The number of carbonyl (C=O) groups is 2. The highest BCUT2D eigenvalue weighted by molar-refractivity contribution is 5.96. The van der Waals surface area contributed by atoms with Gasteiger partial charge in [0.1, 0.15) is 17.8 Å². The summed E-state index contributed by atoms with van der Waals surface area (Å²) in [6.45, 7) is 6.56. The average Bonchev–Trinajstić information content (AvgIpc) is 2.93. The van der Waals surface area contributed by atoms with Crippen LogP contribution in [0.4, 0.5) is 0 Å². The molecule has 1 saturated heterocycles. The predicted molar refractivity (Wildman–Crippen MR) is 79.6 cm³/mol. The second-order valence-electron chi connectivity index (χ2n) is 5.98. The van der Waals surface area contributed by atoms with E-state index in [0.717, 1.165) is 5.76 Å². The highest BCUT2D eigenvalue weighted by Crippen LogP contribution is 2.18. The fourth-order valence-electron chi connectivity index (χ4n) is 2.81. The Hall–Kier alpha value is -1.78. The Kier molecular flexibility index (Phi) is 5.04. The number of carbonyl (C=O) groups excluding carboxylic acids is 2. The Morgan fingerprint density at radius 2 is 2.14 bits per heavy atom. The van der Waals surface area contributed by atoms with E-state index >= 15 is 0 Å². The summed E-state index contributed by atoms with van der Waals surface area (Å²) in [5.41, 5.74) is 0. The molecule has 0 radical (unpaired) electrons. The summed E-state index contributed by atoms with van der Waals surface area (Å²) in [5, 5.41) is 2.87. The number of rotatable bonds is 6. The van der Waals surface area contributed by atoms with Gasteiger partial charge in [-0.1, -0.05) is 20.8 Å². The number of nitrogens with zero attached hydrogens (tertiary/aromatic N) is 1. The zero-order valence-electron chi connectivity index (χ0n) is 13.0. The van der Waals surface area contributed by atoms with E-state index in [1.165, 1.54) is 0 Å². The Morgan fingerprint density at radius 3 is 2.71 bits per heavy atom. The first kappa shape index (κ1) is 15.6. The van der Waals surface area contributed by atoms with Crippen molar-refractivity contribution in [3.63, 3.8) is 0 Å². The molecule has 0 bridgehead atoms. The van der Waals surface area contributed by atoms with E-state index in [-0.39, 0.29) is 17.9 Å². The Bertz CT molecular complexity index is 482. The summed E-state index contributed by atoms with van der Waals surface area (Å²) in [5.74, 6) is 1.19. The van der Waals surface area contributed by atoms with Crippen molar-refractivity contribution in [3.05, 3.63) is 24.2 Å². The van der Waals surface area contributed by atoms with Crippen LogP contribution in [-0.4, -0.2) is 35.3 Å². The molecule has 2 atom stereocenters. The molecule has 21 heavy (non-hydrogen) atoms. The smallest absolute Gasteiger partial charge is 0.245 e. The van der Waals surface area contributed by atoms with E-state index in [9.17, 15) is 9.59 Å². The standard InChI is InChI=1S/C16H24N2O3/c1-4-14-15(19)17-13(10-11(2)3)16(20)18(14)8-7-12-6-5-9-21-12/h5-6,9,11,13-14H,4,7-8,10H2,1-3H3,(H,17,19). The van der Waals surface area contributed by atoms with Gasteiger partial charge in [0.15, 0.2) is 0 Å². The van der Waals surface area contributed by atoms with Crippen LogP contribution >= 0.6 is 0 Å². The van der Waals surface area contributed by atoms with E-state index in [2.05, 4.69) is 19.2 Å². The first-order valence-corrected chi connectivity index (χ1v) is 7.66. The number of amides is 2. The Morgan fingerprint density at radius 1 is 1.38 bits per heavy atom. The molecule has 5 nitrogen and oxygen atoms in total. The normalized spacial score (nSPS) is 22.8. The van der Waals surface area contributed by atoms with Crippen LogP contribution in [-0.2, 0) is 16.0 Å². The zero-order valence-corrected chi connectivity index (χ0v) is 13.0. The summed E-state index contributed by atoms with van der Waals surface area (Å²) < 4.78 is 5.31. The SMILES string of the molecule is CCC1C(=O)NC(CC(C)C)C(=O)N1CCc1ccco1. The maximum absolute atomic E-state index is 12.6. The van der Waals surface area contributed by atoms with Gasteiger partial charge in [-0.15, -0.1) is 0 Å². The molecule has 0 saturated carbocycles. The number of furan rings is 1. The van der Waals surface area contributed by atoms with Crippen molar-refractivity contribution >= 4 is 11.8 Å². The zero-order chi connectivity index (χ0) is 15.4. The molecule has 2 unspecified atom stereocenters. The van der Waals surface area contributed by atoms with E-state index < -0.39 is 6.04 Å². The van der Waals surface area contributed by atoms with Gasteiger partial charge in [-0.2, -0.15) is 0 Å². The molecule has 1 aliphatic rings. The first-order chi connectivity index (χ1) is 10.0. The molecule has 1 fully saturated rings. The maximum Gasteiger partial charge on any atom is 0.245 e. The van der Waals surface area contributed by atoms with Crippen molar-refractivity contribution in [1.29, 1.82) is 0 Å². The molecule has 0 spiro atoms. The molecule has 116 valence electrons. The van der Waals surface area contributed by atoms with Gasteiger partial charge < -0.3 is 14.6 Å². The van der Waals surface area contributed by atoms with Crippen molar-refractivity contribution in [3.8, 4) is 0 Å². The molecule has 1 aliphatic heterocycles. The lowest BCUT2D eigenvalue weighted by atomic mass is 9.97. The molecule has 2 amide bonds. The second-order valence-corrected chi connectivity index (χ2v) is 5.98. The minimum Gasteiger partial charge on any atom is -0.469 e. The van der Waals surface area contributed by atoms with Crippen LogP contribution in [0.1, 0.15) is 39.4 Å². The van der Waals surface area contributed by atoms with Crippen LogP contribution in [0.3, 0.4) is 0 Å².